The van der Waals surface area contributed by atoms with Crippen LogP contribution in [0.15, 0.2) is 75.2 Å². The summed E-state index contributed by atoms with van der Waals surface area (Å²) in [4.78, 5) is 43.7. The summed E-state index contributed by atoms with van der Waals surface area (Å²) >= 11 is 1.13. The zero-order valence-corrected chi connectivity index (χ0v) is 22.9. The second kappa shape index (κ2) is 12.8. The average Bonchev–Trinajstić information content (AvgIpc) is 3.68. The molecule has 0 bridgehead atoms. The highest BCUT2D eigenvalue weighted by Gasteiger charge is 2.19. The largest absolute Gasteiger partial charge is 0.494 e. The Hall–Kier alpha value is -4.09. The number of furan rings is 1. The SMILES string of the molecule is CCOc1ccc(NC(=O)CSc2nc3cc(C(=O)NC[C@H]4CCCO4)ccc3c(=O)n2Cc2ccco2)cc1. The van der Waals surface area contributed by atoms with Crippen molar-refractivity contribution in [3.63, 3.8) is 0 Å². The maximum atomic E-state index is 13.5. The van der Waals surface area contributed by atoms with Crippen LogP contribution in [0.1, 0.15) is 35.9 Å². The second-order valence-electron chi connectivity index (χ2n) is 9.24. The van der Waals surface area contributed by atoms with E-state index in [1.54, 1.807) is 54.6 Å². The second-order valence-corrected chi connectivity index (χ2v) is 10.2. The van der Waals surface area contributed by atoms with Gasteiger partial charge in [-0.1, -0.05) is 11.8 Å². The molecule has 1 atom stereocenters. The Morgan fingerprint density at radius 2 is 2.02 bits per heavy atom. The summed E-state index contributed by atoms with van der Waals surface area (Å²) in [5, 5.41) is 6.45. The topological polar surface area (TPSA) is 125 Å². The van der Waals surface area contributed by atoms with Gasteiger partial charge in [-0.25, -0.2) is 4.98 Å². The first-order valence-corrected chi connectivity index (χ1v) is 14.1. The van der Waals surface area contributed by atoms with Gasteiger partial charge in [0.2, 0.25) is 5.91 Å². The van der Waals surface area contributed by atoms with Gasteiger partial charge in [-0.3, -0.25) is 19.0 Å². The number of fused-ring (bicyclic) bond motifs is 1. The Bertz CT molecular complexity index is 1530. The number of nitrogens with one attached hydrogen (secondary N) is 2. The number of aromatic nitrogens is 2. The molecular formula is C29H30N4O6S. The van der Waals surface area contributed by atoms with Crippen molar-refractivity contribution in [2.24, 2.45) is 0 Å². The van der Waals surface area contributed by atoms with E-state index in [1.807, 2.05) is 6.92 Å². The highest BCUT2D eigenvalue weighted by atomic mass is 32.2. The number of rotatable bonds is 11. The molecule has 0 saturated carbocycles. The number of hydrogen-bond acceptors (Lipinski definition) is 8. The molecule has 4 aromatic rings. The molecule has 2 N–H and O–H groups in total. The summed E-state index contributed by atoms with van der Waals surface area (Å²) < 4.78 is 18.0. The summed E-state index contributed by atoms with van der Waals surface area (Å²) in [6, 6.07) is 15.4. The molecule has 0 unspecified atom stereocenters. The van der Waals surface area contributed by atoms with Crippen LogP contribution in [0, 0.1) is 0 Å². The van der Waals surface area contributed by atoms with Gasteiger partial charge in [0.1, 0.15) is 11.5 Å². The van der Waals surface area contributed by atoms with Crippen LogP contribution in [0.25, 0.3) is 10.9 Å². The molecule has 3 heterocycles. The highest BCUT2D eigenvalue weighted by molar-refractivity contribution is 7.99. The standard InChI is InChI=1S/C29H30N4O6S/c1-2-37-21-10-8-20(9-11-21)31-26(34)18-40-29-32-25-15-19(27(35)30-16-22-5-3-13-38-22)7-12-24(25)28(36)33(29)17-23-6-4-14-39-23/h4,6-12,14-15,22H,2-3,5,13,16-18H2,1H3,(H,30,35)(H,31,34)/t22-/m1/s1. The van der Waals surface area contributed by atoms with Crippen molar-refractivity contribution in [3.05, 3.63) is 82.5 Å². The van der Waals surface area contributed by atoms with Crippen LogP contribution in [0.3, 0.4) is 0 Å². The van der Waals surface area contributed by atoms with Gasteiger partial charge in [-0.05, 0) is 74.4 Å². The molecule has 2 aromatic heterocycles. The van der Waals surface area contributed by atoms with Crippen LogP contribution >= 0.6 is 11.8 Å². The Kier molecular flexibility index (Phi) is 8.82. The van der Waals surface area contributed by atoms with Crippen molar-refractivity contribution in [3.8, 4) is 5.75 Å². The number of carbonyl (C=O) groups excluding carboxylic acids is 2. The van der Waals surface area contributed by atoms with Gasteiger partial charge < -0.3 is 24.5 Å². The third kappa shape index (κ3) is 6.72. The van der Waals surface area contributed by atoms with E-state index in [0.717, 1.165) is 30.4 Å². The molecule has 1 aliphatic rings. The van der Waals surface area contributed by atoms with Crippen molar-refractivity contribution in [2.45, 2.75) is 37.6 Å². The maximum absolute atomic E-state index is 13.5. The Morgan fingerprint density at radius 3 is 2.75 bits per heavy atom. The first-order valence-electron chi connectivity index (χ1n) is 13.1. The lowest BCUT2D eigenvalue weighted by Crippen LogP contribution is -2.31. The predicted molar refractivity (Wildman–Crippen MR) is 152 cm³/mol. The van der Waals surface area contributed by atoms with E-state index < -0.39 is 0 Å². The molecule has 0 aliphatic carbocycles. The lowest BCUT2D eigenvalue weighted by atomic mass is 10.1. The molecule has 1 aliphatic heterocycles. The van der Waals surface area contributed by atoms with E-state index in [-0.39, 0.29) is 35.8 Å². The molecule has 0 radical (unpaired) electrons. The predicted octanol–water partition coefficient (Wildman–Crippen LogP) is 4.08. The van der Waals surface area contributed by atoms with Crippen molar-refractivity contribution < 1.29 is 23.5 Å². The van der Waals surface area contributed by atoms with E-state index in [1.165, 1.54) is 10.8 Å². The molecule has 40 heavy (non-hydrogen) atoms. The fraction of sp³-hybridized carbons (Fsp3) is 0.310. The maximum Gasteiger partial charge on any atom is 0.262 e. The lowest BCUT2D eigenvalue weighted by molar-refractivity contribution is -0.113. The zero-order valence-electron chi connectivity index (χ0n) is 22.1. The average molecular weight is 563 g/mol. The first kappa shape index (κ1) is 27.5. The number of amides is 2. The summed E-state index contributed by atoms with van der Waals surface area (Å²) in [5.74, 6) is 0.801. The number of ether oxygens (including phenoxy) is 2. The minimum atomic E-state index is -0.290. The summed E-state index contributed by atoms with van der Waals surface area (Å²) in [5.41, 5.74) is 1.11. The highest BCUT2D eigenvalue weighted by Crippen LogP contribution is 2.22. The number of anilines is 1. The molecule has 2 aromatic carbocycles. The molecule has 208 valence electrons. The van der Waals surface area contributed by atoms with Gasteiger partial charge in [-0.2, -0.15) is 0 Å². The van der Waals surface area contributed by atoms with Crippen LogP contribution in [-0.2, 0) is 16.1 Å². The van der Waals surface area contributed by atoms with E-state index in [2.05, 4.69) is 10.6 Å². The van der Waals surface area contributed by atoms with Crippen molar-refractivity contribution >= 4 is 40.2 Å². The quantitative estimate of drug-likeness (QED) is 0.207. The molecule has 1 fully saturated rings. The van der Waals surface area contributed by atoms with Gasteiger partial charge in [0.05, 0.1) is 42.2 Å². The Morgan fingerprint density at radius 1 is 1.18 bits per heavy atom. The van der Waals surface area contributed by atoms with Crippen LogP contribution in [-0.4, -0.2) is 53.0 Å². The van der Waals surface area contributed by atoms with Crippen molar-refractivity contribution in [1.29, 1.82) is 0 Å². The fourth-order valence-corrected chi connectivity index (χ4v) is 5.19. The first-order chi connectivity index (χ1) is 19.5. The van der Waals surface area contributed by atoms with Gasteiger partial charge in [0.15, 0.2) is 5.16 Å². The van der Waals surface area contributed by atoms with Crippen molar-refractivity contribution in [1.82, 2.24) is 14.9 Å². The Labute approximate surface area is 235 Å². The molecule has 10 nitrogen and oxygen atoms in total. The third-order valence-corrected chi connectivity index (χ3v) is 7.35. The minimum absolute atomic E-state index is 0.0187. The van der Waals surface area contributed by atoms with Gasteiger partial charge in [0.25, 0.3) is 11.5 Å². The third-order valence-electron chi connectivity index (χ3n) is 6.37. The van der Waals surface area contributed by atoms with E-state index >= 15 is 0 Å². The van der Waals surface area contributed by atoms with Crippen molar-refractivity contribution in [2.75, 3.05) is 30.8 Å². The minimum Gasteiger partial charge on any atom is -0.494 e. The summed E-state index contributed by atoms with van der Waals surface area (Å²) in [6.07, 6.45) is 3.46. The van der Waals surface area contributed by atoms with Gasteiger partial charge in [0, 0.05) is 24.4 Å². The van der Waals surface area contributed by atoms with Gasteiger partial charge in [-0.15, -0.1) is 0 Å². The number of nitrogens with zero attached hydrogens (tertiary/aromatic N) is 2. The summed E-state index contributed by atoms with van der Waals surface area (Å²) in [7, 11) is 0. The lowest BCUT2D eigenvalue weighted by Gasteiger charge is -2.14. The van der Waals surface area contributed by atoms with Crippen LogP contribution in [0.5, 0.6) is 5.75 Å². The number of hydrogen-bond donors (Lipinski definition) is 2. The van der Waals surface area contributed by atoms with Gasteiger partial charge >= 0.3 is 0 Å². The van der Waals surface area contributed by atoms with Crippen LogP contribution < -0.4 is 20.9 Å². The molecule has 1 saturated heterocycles. The molecule has 11 heteroatoms. The van der Waals surface area contributed by atoms with Crippen LogP contribution in [0.2, 0.25) is 0 Å². The number of thioether (sulfide) groups is 1. The van der Waals surface area contributed by atoms with E-state index in [9.17, 15) is 14.4 Å². The molecule has 0 spiro atoms. The molecule has 2 amide bonds. The number of benzene rings is 2. The molecular weight excluding hydrogens is 532 g/mol. The van der Waals surface area contributed by atoms with E-state index in [4.69, 9.17) is 18.9 Å². The monoisotopic (exact) mass is 562 g/mol. The molecule has 5 rings (SSSR count). The smallest absolute Gasteiger partial charge is 0.262 e. The summed E-state index contributed by atoms with van der Waals surface area (Å²) in [6.45, 7) is 3.76. The zero-order chi connectivity index (χ0) is 27.9. The number of carbonyl (C=O) groups is 2. The normalized spacial score (nSPS) is 14.8. The Balaban J connectivity index is 1.36. The van der Waals surface area contributed by atoms with Crippen LogP contribution in [0.4, 0.5) is 5.69 Å². The fourth-order valence-electron chi connectivity index (χ4n) is 4.39. The van der Waals surface area contributed by atoms with E-state index in [0.29, 0.717) is 52.8 Å².